The molecule has 2 fully saturated rings. The molecule has 3 heterocycles. The summed E-state index contributed by atoms with van der Waals surface area (Å²) in [5.41, 5.74) is -0.439. The van der Waals surface area contributed by atoms with Crippen LogP contribution in [0, 0.1) is 0 Å². The van der Waals surface area contributed by atoms with Crippen LogP contribution in [0.15, 0.2) is 6.07 Å². The van der Waals surface area contributed by atoms with Crippen molar-refractivity contribution < 1.29 is 14.6 Å². The smallest absolute Gasteiger partial charge is 0.226 e. The molecule has 0 atom stereocenters. The summed E-state index contributed by atoms with van der Waals surface area (Å²) in [4.78, 5) is 10.9. The van der Waals surface area contributed by atoms with Gasteiger partial charge in [0.1, 0.15) is 11.0 Å². The Labute approximate surface area is 134 Å². The Morgan fingerprint density at radius 2 is 1.86 bits per heavy atom. The topological polar surface area (TPSA) is 79.7 Å². The third kappa shape index (κ3) is 3.60. The Morgan fingerprint density at radius 3 is 2.55 bits per heavy atom. The van der Waals surface area contributed by atoms with E-state index >= 15 is 0 Å². The summed E-state index contributed by atoms with van der Waals surface area (Å²) in [5.74, 6) is 1.23. The predicted molar refractivity (Wildman–Crippen MR) is 83.6 cm³/mol. The molecule has 2 saturated heterocycles. The minimum atomic E-state index is -0.439. The zero-order chi connectivity index (χ0) is 15.4. The summed E-state index contributed by atoms with van der Waals surface area (Å²) >= 11 is 6.14. The van der Waals surface area contributed by atoms with Crippen molar-refractivity contribution in [3.63, 3.8) is 0 Å². The lowest BCUT2D eigenvalue weighted by atomic mass is 9.91. The van der Waals surface area contributed by atoms with Crippen LogP contribution in [0.3, 0.4) is 0 Å². The number of hydrogen-bond acceptors (Lipinski definition) is 7. The summed E-state index contributed by atoms with van der Waals surface area (Å²) in [7, 11) is 0. The molecule has 0 saturated carbocycles. The van der Waals surface area contributed by atoms with E-state index in [0.29, 0.717) is 50.4 Å². The fraction of sp³-hybridized carbons (Fsp3) is 0.714. The van der Waals surface area contributed by atoms with E-state index in [1.54, 1.807) is 6.07 Å². The third-order valence-electron chi connectivity index (χ3n) is 4.15. The van der Waals surface area contributed by atoms with Crippen molar-refractivity contribution in [1.82, 2.24) is 9.97 Å². The monoisotopic (exact) mass is 328 g/mol. The molecule has 1 aromatic rings. The highest BCUT2D eigenvalue weighted by atomic mass is 35.5. The molecule has 3 rings (SSSR count). The molecule has 2 N–H and O–H groups in total. The first-order valence-electron chi connectivity index (χ1n) is 7.55. The van der Waals surface area contributed by atoms with Gasteiger partial charge in [0.05, 0.1) is 25.4 Å². The van der Waals surface area contributed by atoms with E-state index in [2.05, 4.69) is 20.2 Å². The van der Waals surface area contributed by atoms with E-state index in [1.807, 2.05) is 0 Å². The maximum atomic E-state index is 9.76. The molecular formula is C14H21ClN4O3. The second-order valence-electron chi connectivity index (χ2n) is 5.65. The van der Waals surface area contributed by atoms with Gasteiger partial charge in [0.15, 0.2) is 0 Å². The number of halogens is 1. The number of anilines is 2. The van der Waals surface area contributed by atoms with Crippen molar-refractivity contribution in [2.45, 2.75) is 18.4 Å². The molecule has 1 aromatic heterocycles. The minimum Gasteiger partial charge on any atom is -0.394 e. The van der Waals surface area contributed by atoms with E-state index in [-0.39, 0.29) is 6.61 Å². The van der Waals surface area contributed by atoms with Crippen LogP contribution >= 0.6 is 11.6 Å². The molecule has 0 aromatic carbocycles. The van der Waals surface area contributed by atoms with Crippen LogP contribution in [0.2, 0.25) is 5.15 Å². The molecule has 0 unspecified atom stereocenters. The molecule has 0 bridgehead atoms. The summed E-state index contributed by atoms with van der Waals surface area (Å²) in [6, 6.07) is 1.76. The van der Waals surface area contributed by atoms with Gasteiger partial charge in [0.25, 0.3) is 0 Å². The number of nitrogens with zero attached hydrogens (tertiary/aromatic N) is 3. The first-order valence-corrected chi connectivity index (χ1v) is 7.93. The number of hydrogen-bond donors (Lipinski definition) is 2. The number of aromatic nitrogens is 2. The van der Waals surface area contributed by atoms with Gasteiger partial charge in [0.2, 0.25) is 5.95 Å². The van der Waals surface area contributed by atoms with Gasteiger partial charge in [-0.15, -0.1) is 0 Å². The van der Waals surface area contributed by atoms with Crippen molar-refractivity contribution in [2.24, 2.45) is 0 Å². The van der Waals surface area contributed by atoms with Crippen molar-refractivity contribution in [1.29, 1.82) is 0 Å². The van der Waals surface area contributed by atoms with Gasteiger partial charge >= 0.3 is 0 Å². The Bertz CT molecular complexity index is 505. The second kappa shape index (κ2) is 6.95. The molecule has 0 aliphatic carbocycles. The van der Waals surface area contributed by atoms with Crippen LogP contribution in [0.4, 0.5) is 11.8 Å². The van der Waals surface area contributed by atoms with Gasteiger partial charge in [-0.2, -0.15) is 4.98 Å². The van der Waals surface area contributed by atoms with Gasteiger partial charge < -0.3 is 24.8 Å². The number of nitrogens with one attached hydrogen (secondary N) is 1. The molecule has 2 aliphatic heterocycles. The van der Waals surface area contributed by atoms with Crippen LogP contribution in [0.5, 0.6) is 0 Å². The van der Waals surface area contributed by atoms with E-state index < -0.39 is 5.54 Å². The molecule has 0 spiro atoms. The van der Waals surface area contributed by atoms with Crippen molar-refractivity contribution >= 4 is 23.4 Å². The second-order valence-corrected chi connectivity index (χ2v) is 6.03. The summed E-state index contributed by atoms with van der Waals surface area (Å²) in [5, 5.41) is 13.4. The first-order chi connectivity index (χ1) is 10.7. The Hall–Kier alpha value is -1.15. The van der Waals surface area contributed by atoms with Crippen LogP contribution < -0.4 is 10.2 Å². The predicted octanol–water partition coefficient (Wildman–Crippen LogP) is 0.920. The van der Waals surface area contributed by atoms with E-state index in [9.17, 15) is 5.11 Å². The number of ether oxygens (including phenoxy) is 2. The van der Waals surface area contributed by atoms with Crippen LogP contribution in [0.25, 0.3) is 0 Å². The number of morpholine rings is 1. The van der Waals surface area contributed by atoms with Gasteiger partial charge in [-0.3, -0.25) is 0 Å². The average Bonchev–Trinajstić information content (AvgIpc) is 2.56. The normalized spacial score (nSPS) is 21.6. The standard InChI is InChI=1S/C14H21ClN4O3/c15-11-9-12(19-3-7-22-8-4-19)17-13(16-11)18-14(10-20)1-5-21-6-2-14/h9,20H,1-8,10H2,(H,16,17,18). The number of aliphatic hydroxyl groups excluding tert-OH is 1. The molecule has 22 heavy (non-hydrogen) atoms. The van der Waals surface area contributed by atoms with Crippen molar-refractivity contribution in [3.05, 3.63) is 11.2 Å². The van der Waals surface area contributed by atoms with Gasteiger partial charge in [-0.1, -0.05) is 11.6 Å². The highest BCUT2D eigenvalue weighted by Gasteiger charge is 2.33. The molecule has 0 radical (unpaired) electrons. The maximum Gasteiger partial charge on any atom is 0.226 e. The molecule has 7 nitrogen and oxygen atoms in total. The molecule has 8 heteroatoms. The highest BCUT2D eigenvalue weighted by Crippen LogP contribution is 2.26. The first kappa shape index (κ1) is 15.7. The number of rotatable bonds is 4. The van der Waals surface area contributed by atoms with Crippen LogP contribution in [-0.4, -0.2) is 66.7 Å². The largest absolute Gasteiger partial charge is 0.394 e. The average molecular weight is 329 g/mol. The third-order valence-corrected chi connectivity index (χ3v) is 4.34. The summed E-state index contributed by atoms with van der Waals surface area (Å²) < 4.78 is 10.7. The Kier molecular flexibility index (Phi) is 4.97. The lowest BCUT2D eigenvalue weighted by Crippen LogP contribution is -2.47. The summed E-state index contributed by atoms with van der Waals surface area (Å²) in [6.45, 7) is 4.18. The Balaban J connectivity index is 1.79. The van der Waals surface area contributed by atoms with Gasteiger partial charge in [-0.25, -0.2) is 4.98 Å². The fourth-order valence-corrected chi connectivity index (χ4v) is 2.92. The zero-order valence-electron chi connectivity index (χ0n) is 12.4. The lowest BCUT2D eigenvalue weighted by Gasteiger charge is -2.36. The van der Waals surface area contributed by atoms with Crippen molar-refractivity contribution in [2.75, 3.05) is 56.3 Å². The van der Waals surface area contributed by atoms with Gasteiger partial charge in [-0.05, 0) is 12.8 Å². The van der Waals surface area contributed by atoms with Crippen LogP contribution in [0.1, 0.15) is 12.8 Å². The number of aliphatic hydroxyl groups is 1. The highest BCUT2D eigenvalue weighted by molar-refractivity contribution is 6.29. The molecule has 0 amide bonds. The SMILES string of the molecule is OCC1(Nc2nc(Cl)cc(N3CCOCC3)n2)CCOCC1. The fourth-order valence-electron chi connectivity index (χ4n) is 2.74. The van der Waals surface area contributed by atoms with Gasteiger partial charge in [0, 0.05) is 32.4 Å². The van der Waals surface area contributed by atoms with E-state index in [0.717, 1.165) is 18.9 Å². The van der Waals surface area contributed by atoms with E-state index in [4.69, 9.17) is 21.1 Å². The van der Waals surface area contributed by atoms with E-state index in [1.165, 1.54) is 0 Å². The Morgan fingerprint density at radius 1 is 1.18 bits per heavy atom. The quantitative estimate of drug-likeness (QED) is 0.795. The molecular weight excluding hydrogens is 308 g/mol. The summed E-state index contributed by atoms with van der Waals surface area (Å²) in [6.07, 6.45) is 1.43. The minimum absolute atomic E-state index is 0.0130. The maximum absolute atomic E-state index is 9.76. The van der Waals surface area contributed by atoms with Crippen LogP contribution in [-0.2, 0) is 9.47 Å². The lowest BCUT2D eigenvalue weighted by molar-refractivity contribution is 0.0377. The molecule has 2 aliphatic rings. The van der Waals surface area contributed by atoms with Crippen molar-refractivity contribution in [3.8, 4) is 0 Å². The molecule has 122 valence electrons. The zero-order valence-corrected chi connectivity index (χ0v) is 13.2.